The quantitative estimate of drug-likeness (QED) is 0.886. The molecule has 1 N–H and O–H groups in total. The highest BCUT2D eigenvalue weighted by Crippen LogP contribution is 2.38. The molecule has 6 nitrogen and oxygen atoms in total. The van der Waals surface area contributed by atoms with Crippen molar-refractivity contribution >= 4 is 0 Å². The summed E-state index contributed by atoms with van der Waals surface area (Å²) in [5.74, 6) is 1.90. The molecule has 0 spiro atoms. The topological polar surface area (TPSA) is 69.8 Å². The Balaban J connectivity index is 2.28. The first kappa shape index (κ1) is 15.8. The Morgan fingerprint density at radius 3 is 2.14 bits per heavy atom. The third kappa shape index (κ3) is 3.16. The van der Waals surface area contributed by atoms with Gasteiger partial charge in [0, 0.05) is 12.3 Å². The normalized spacial score (nSPS) is 10.2. The van der Waals surface area contributed by atoms with Crippen molar-refractivity contribution in [2.45, 2.75) is 13.5 Å². The summed E-state index contributed by atoms with van der Waals surface area (Å²) in [5.41, 5.74) is 1.32. The summed E-state index contributed by atoms with van der Waals surface area (Å²) in [7, 11) is 4.64. The molecule has 0 aliphatic rings. The van der Waals surface area contributed by atoms with Gasteiger partial charge in [0.1, 0.15) is 6.61 Å². The fourth-order valence-corrected chi connectivity index (χ4v) is 2.12. The molecule has 0 radical (unpaired) electrons. The highest BCUT2D eigenvalue weighted by Gasteiger charge is 2.14. The molecule has 0 amide bonds. The third-order valence-corrected chi connectivity index (χ3v) is 3.21. The third-order valence-electron chi connectivity index (χ3n) is 3.21. The van der Waals surface area contributed by atoms with Crippen LogP contribution in [0.15, 0.2) is 29.2 Å². The summed E-state index contributed by atoms with van der Waals surface area (Å²) in [5, 5.41) is 0. The fourth-order valence-electron chi connectivity index (χ4n) is 2.12. The average molecular weight is 305 g/mol. The molecule has 0 unspecified atom stereocenters. The van der Waals surface area contributed by atoms with E-state index in [1.807, 2.05) is 0 Å². The molecule has 1 aromatic carbocycles. The second-order valence-electron chi connectivity index (χ2n) is 4.62. The van der Waals surface area contributed by atoms with E-state index >= 15 is 0 Å². The standard InChI is InChI=1S/C16H19NO5/c1-10-15(12(18)5-6-17-10)22-9-11-7-13(19-2)16(21-4)14(8-11)20-3/h5-8H,9H2,1-4H3,(H,17,18). The minimum absolute atomic E-state index is 0.163. The van der Waals surface area contributed by atoms with Gasteiger partial charge in [-0.1, -0.05) is 0 Å². The first-order valence-electron chi connectivity index (χ1n) is 6.70. The van der Waals surface area contributed by atoms with E-state index in [1.54, 1.807) is 46.6 Å². The Hall–Kier alpha value is -2.63. The first-order valence-corrected chi connectivity index (χ1v) is 6.70. The van der Waals surface area contributed by atoms with Crippen LogP contribution in [0.2, 0.25) is 0 Å². The van der Waals surface area contributed by atoms with Crippen LogP contribution in [-0.2, 0) is 6.61 Å². The lowest BCUT2D eigenvalue weighted by Gasteiger charge is -2.14. The van der Waals surface area contributed by atoms with Gasteiger partial charge < -0.3 is 23.9 Å². The van der Waals surface area contributed by atoms with Crippen molar-refractivity contribution in [1.29, 1.82) is 0 Å². The van der Waals surface area contributed by atoms with Crippen LogP contribution < -0.4 is 24.4 Å². The fraction of sp³-hybridized carbons (Fsp3) is 0.312. The molecule has 0 atom stereocenters. The Kier molecular flexibility index (Phi) is 4.93. The zero-order chi connectivity index (χ0) is 16.1. The van der Waals surface area contributed by atoms with Crippen molar-refractivity contribution in [2.24, 2.45) is 0 Å². The maximum absolute atomic E-state index is 11.8. The smallest absolute Gasteiger partial charge is 0.223 e. The second kappa shape index (κ2) is 6.89. The van der Waals surface area contributed by atoms with E-state index in [0.29, 0.717) is 28.7 Å². The van der Waals surface area contributed by atoms with E-state index in [-0.39, 0.29) is 12.0 Å². The molecule has 0 saturated heterocycles. The molecule has 0 bridgehead atoms. The van der Waals surface area contributed by atoms with E-state index in [2.05, 4.69) is 4.98 Å². The molecule has 0 fully saturated rings. The van der Waals surface area contributed by atoms with Crippen LogP contribution in [0.1, 0.15) is 11.3 Å². The van der Waals surface area contributed by atoms with Crippen LogP contribution in [0.5, 0.6) is 23.0 Å². The molecule has 0 aliphatic heterocycles. The molecule has 0 aliphatic carbocycles. The number of hydrogen-bond donors (Lipinski definition) is 1. The maximum Gasteiger partial charge on any atom is 0.223 e. The number of aromatic amines is 1. The lowest BCUT2D eigenvalue weighted by molar-refractivity contribution is 0.293. The summed E-state index contributed by atoms with van der Waals surface area (Å²) < 4.78 is 21.5. The Morgan fingerprint density at radius 1 is 1.00 bits per heavy atom. The van der Waals surface area contributed by atoms with Gasteiger partial charge in [-0.3, -0.25) is 4.79 Å². The highest BCUT2D eigenvalue weighted by atomic mass is 16.5. The van der Waals surface area contributed by atoms with E-state index < -0.39 is 0 Å². The zero-order valence-electron chi connectivity index (χ0n) is 13.1. The lowest BCUT2D eigenvalue weighted by Crippen LogP contribution is -2.10. The van der Waals surface area contributed by atoms with E-state index in [0.717, 1.165) is 5.56 Å². The minimum Gasteiger partial charge on any atom is -0.493 e. The Bertz CT molecular complexity index is 683. The van der Waals surface area contributed by atoms with Gasteiger partial charge in [-0.05, 0) is 24.6 Å². The number of hydrogen-bond acceptors (Lipinski definition) is 5. The van der Waals surface area contributed by atoms with Crippen molar-refractivity contribution in [2.75, 3.05) is 21.3 Å². The van der Waals surface area contributed by atoms with Crippen molar-refractivity contribution in [1.82, 2.24) is 4.98 Å². The predicted molar refractivity (Wildman–Crippen MR) is 82.2 cm³/mol. The number of H-pyrrole nitrogens is 1. The van der Waals surface area contributed by atoms with E-state index in [9.17, 15) is 4.79 Å². The summed E-state index contributed by atoms with van der Waals surface area (Å²) in [6.07, 6.45) is 1.59. The van der Waals surface area contributed by atoms with Gasteiger partial charge in [0.2, 0.25) is 11.2 Å². The van der Waals surface area contributed by atoms with E-state index in [1.165, 1.54) is 6.07 Å². The summed E-state index contributed by atoms with van der Waals surface area (Å²) in [6.45, 7) is 2.00. The summed E-state index contributed by atoms with van der Waals surface area (Å²) >= 11 is 0. The largest absolute Gasteiger partial charge is 0.493 e. The van der Waals surface area contributed by atoms with Gasteiger partial charge in [-0.25, -0.2) is 0 Å². The molecule has 0 saturated carbocycles. The molecule has 22 heavy (non-hydrogen) atoms. The van der Waals surface area contributed by atoms with Gasteiger partial charge in [0.05, 0.1) is 27.0 Å². The predicted octanol–water partition coefficient (Wildman–Crippen LogP) is 2.29. The monoisotopic (exact) mass is 305 g/mol. The van der Waals surface area contributed by atoms with Gasteiger partial charge in [0.25, 0.3) is 0 Å². The number of pyridine rings is 1. The molecule has 1 heterocycles. The number of rotatable bonds is 6. The molecule has 6 heteroatoms. The van der Waals surface area contributed by atoms with Gasteiger partial charge >= 0.3 is 0 Å². The van der Waals surface area contributed by atoms with Crippen LogP contribution in [0.25, 0.3) is 0 Å². The molecular weight excluding hydrogens is 286 g/mol. The molecule has 118 valence electrons. The average Bonchev–Trinajstić information content (AvgIpc) is 2.53. The lowest BCUT2D eigenvalue weighted by atomic mass is 10.2. The number of aryl methyl sites for hydroxylation is 1. The number of nitrogens with one attached hydrogen (secondary N) is 1. The van der Waals surface area contributed by atoms with Crippen molar-refractivity contribution < 1.29 is 18.9 Å². The highest BCUT2D eigenvalue weighted by molar-refractivity contribution is 5.53. The van der Waals surface area contributed by atoms with Gasteiger partial charge in [-0.15, -0.1) is 0 Å². The molecule has 1 aromatic heterocycles. The van der Waals surface area contributed by atoms with Gasteiger partial charge in [-0.2, -0.15) is 0 Å². The van der Waals surface area contributed by atoms with Crippen molar-refractivity contribution in [3.63, 3.8) is 0 Å². The van der Waals surface area contributed by atoms with Crippen LogP contribution in [0.4, 0.5) is 0 Å². The Morgan fingerprint density at radius 2 is 1.64 bits per heavy atom. The maximum atomic E-state index is 11.8. The Labute approximate surface area is 128 Å². The van der Waals surface area contributed by atoms with Crippen molar-refractivity contribution in [3.8, 4) is 23.0 Å². The summed E-state index contributed by atoms with van der Waals surface area (Å²) in [6, 6.07) is 5.00. The zero-order valence-corrected chi connectivity index (χ0v) is 13.1. The number of ether oxygens (including phenoxy) is 4. The molecule has 2 aromatic rings. The number of methoxy groups -OCH3 is 3. The summed E-state index contributed by atoms with van der Waals surface area (Å²) in [4.78, 5) is 14.7. The van der Waals surface area contributed by atoms with Gasteiger partial charge in [0.15, 0.2) is 17.2 Å². The minimum atomic E-state index is -0.163. The van der Waals surface area contributed by atoms with Crippen LogP contribution in [0, 0.1) is 6.92 Å². The SMILES string of the molecule is COc1cc(COc2c(C)[nH]ccc2=O)cc(OC)c1OC. The first-order chi connectivity index (χ1) is 10.6. The molecular formula is C16H19NO5. The van der Waals surface area contributed by atoms with E-state index in [4.69, 9.17) is 18.9 Å². The second-order valence-corrected chi connectivity index (χ2v) is 4.62. The van der Waals surface area contributed by atoms with Crippen LogP contribution in [-0.4, -0.2) is 26.3 Å². The number of aromatic nitrogens is 1. The van der Waals surface area contributed by atoms with Crippen LogP contribution in [0.3, 0.4) is 0 Å². The van der Waals surface area contributed by atoms with Crippen molar-refractivity contribution in [3.05, 3.63) is 45.9 Å². The molecule has 2 rings (SSSR count). The van der Waals surface area contributed by atoms with Crippen LogP contribution >= 0.6 is 0 Å². The number of benzene rings is 1.